The Hall–Kier alpha value is -2.09. The first-order valence-corrected chi connectivity index (χ1v) is 7.55. The molecule has 0 unspecified atom stereocenters. The minimum atomic E-state index is -0.0607. The minimum Gasteiger partial charge on any atom is -0.338 e. The number of carbonyl (C=O) groups excluding carboxylic acids is 2. The van der Waals surface area contributed by atoms with Gasteiger partial charge in [-0.3, -0.25) is 14.4 Å². The van der Waals surface area contributed by atoms with Gasteiger partial charge >= 0.3 is 6.03 Å². The first-order valence-electron chi connectivity index (χ1n) is 7.55. The Bertz CT molecular complexity index is 533. The molecule has 1 saturated heterocycles. The van der Waals surface area contributed by atoms with Crippen molar-refractivity contribution in [2.75, 3.05) is 44.6 Å². The van der Waals surface area contributed by atoms with Crippen LogP contribution in [0.3, 0.4) is 0 Å². The Labute approximate surface area is 130 Å². The monoisotopic (exact) mass is 308 g/mol. The summed E-state index contributed by atoms with van der Waals surface area (Å²) in [5, 5.41) is 9.85. The Morgan fingerprint density at radius 2 is 1.95 bits per heavy atom. The molecule has 0 spiro atoms. The van der Waals surface area contributed by atoms with E-state index in [1.807, 2.05) is 24.8 Å². The van der Waals surface area contributed by atoms with Crippen molar-refractivity contribution in [3.8, 4) is 0 Å². The molecule has 1 aliphatic heterocycles. The molecule has 1 fully saturated rings. The molecule has 0 bridgehead atoms. The van der Waals surface area contributed by atoms with E-state index in [2.05, 4.69) is 15.7 Å². The second kappa shape index (κ2) is 7.26. The summed E-state index contributed by atoms with van der Waals surface area (Å²) in [6, 6.07) is 1.81. The SMILES string of the molecule is CCNC(=O)N1CCN(CC(=O)Nc2cc(C)nn2C)CC1. The molecular weight excluding hydrogens is 284 g/mol. The Morgan fingerprint density at radius 3 is 2.50 bits per heavy atom. The molecule has 1 aliphatic rings. The summed E-state index contributed by atoms with van der Waals surface area (Å²) in [5.41, 5.74) is 0.869. The molecule has 3 amide bonds. The van der Waals surface area contributed by atoms with Gasteiger partial charge in [0.15, 0.2) is 0 Å². The van der Waals surface area contributed by atoms with Gasteiger partial charge in [-0.15, -0.1) is 0 Å². The summed E-state index contributed by atoms with van der Waals surface area (Å²) >= 11 is 0. The van der Waals surface area contributed by atoms with Gasteiger partial charge in [-0.2, -0.15) is 5.10 Å². The second-order valence-corrected chi connectivity index (χ2v) is 5.44. The number of rotatable bonds is 4. The highest BCUT2D eigenvalue weighted by Gasteiger charge is 2.22. The van der Waals surface area contributed by atoms with Crippen molar-refractivity contribution < 1.29 is 9.59 Å². The fourth-order valence-corrected chi connectivity index (χ4v) is 2.49. The predicted molar refractivity (Wildman–Crippen MR) is 83.7 cm³/mol. The van der Waals surface area contributed by atoms with Crippen molar-refractivity contribution in [3.63, 3.8) is 0 Å². The molecule has 2 heterocycles. The van der Waals surface area contributed by atoms with Gasteiger partial charge in [0.2, 0.25) is 5.91 Å². The number of anilines is 1. The van der Waals surface area contributed by atoms with E-state index in [0.717, 1.165) is 5.69 Å². The average molecular weight is 308 g/mol. The first kappa shape index (κ1) is 16.3. The summed E-state index contributed by atoms with van der Waals surface area (Å²) in [4.78, 5) is 27.6. The van der Waals surface area contributed by atoms with E-state index in [1.165, 1.54) is 0 Å². The third kappa shape index (κ3) is 4.20. The van der Waals surface area contributed by atoms with Gasteiger partial charge in [-0.25, -0.2) is 4.79 Å². The van der Waals surface area contributed by atoms with Crippen LogP contribution in [-0.4, -0.2) is 70.8 Å². The highest BCUT2D eigenvalue weighted by atomic mass is 16.2. The lowest BCUT2D eigenvalue weighted by Gasteiger charge is -2.34. The quantitative estimate of drug-likeness (QED) is 0.821. The molecule has 1 aromatic heterocycles. The second-order valence-electron chi connectivity index (χ2n) is 5.44. The number of urea groups is 1. The van der Waals surface area contributed by atoms with E-state index >= 15 is 0 Å². The van der Waals surface area contributed by atoms with Crippen LogP contribution >= 0.6 is 0 Å². The molecular formula is C14H24N6O2. The molecule has 22 heavy (non-hydrogen) atoms. The molecule has 2 rings (SSSR count). The van der Waals surface area contributed by atoms with Crippen LogP contribution < -0.4 is 10.6 Å². The van der Waals surface area contributed by atoms with Crippen molar-refractivity contribution in [1.82, 2.24) is 24.9 Å². The fourth-order valence-electron chi connectivity index (χ4n) is 2.49. The number of hydrogen-bond donors (Lipinski definition) is 2. The molecule has 2 N–H and O–H groups in total. The summed E-state index contributed by atoms with van der Waals surface area (Å²) in [6.07, 6.45) is 0. The van der Waals surface area contributed by atoms with Crippen LogP contribution in [-0.2, 0) is 11.8 Å². The number of aryl methyl sites for hydroxylation is 2. The van der Waals surface area contributed by atoms with E-state index < -0.39 is 0 Å². The van der Waals surface area contributed by atoms with Crippen LogP contribution in [0, 0.1) is 6.92 Å². The predicted octanol–water partition coefficient (Wildman–Crippen LogP) is 0.0141. The number of piperazine rings is 1. The average Bonchev–Trinajstić information content (AvgIpc) is 2.77. The van der Waals surface area contributed by atoms with Gasteiger partial charge < -0.3 is 15.5 Å². The number of nitrogens with one attached hydrogen (secondary N) is 2. The molecule has 0 aromatic carbocycles. The molecule has 0 atom stereocenters. The van der Waals surface area contributed by atoms with Gasteiger partial charge in [0.05, 0.1) is 12.2 Å². The summed E-state index contributed by atoms with van der Waals surface area (Å²) in [7, 11) is 1.80. The zero-order valence-electron chi connectivity index (χ0n) is 13.4. The standard InChI is InChI=1S/C14H24N6O2/c1-4-15-14(22)20-7-5-19(6-8-20)10-13(21)16-12-9-11(2)17-18(12)3/h9H,4-8,10H2,1-3H3,(H,15,22)(H,16,21). The number of carbonyl (C=O) groups is 2. The van der Waals surface area contributed by atoms with Crippen LogP contribution in [0.15, 0.2) is 6.07 Å². The summed E-state index contributed by atoms with van der Waals surface area (Å²) < 4.78 is 1.65. The number of nitrogens with zero attached hydrogens (tertiary/aromatic N) is 4. The maximum Gasteiger partial charge on any atom is 0.317 e. The lowest BCUT2D eigenvalue weighted by atomic mass is 10.3. The first-order chi connectivity index (χ1) is 10.5. The molecule has 8 nitrogen and oxygen atoms in total. The maximum absolute atomic E-state index is 12.1. The number of amides is 3. The molecule has 8 heteroatoms. The van der Waals surface area contributed by atoms with Crippen LogP contribution in [0.1, 0.15) is 12.6 Å². The number of aromatic nitrogens is 2. The Balaban J connectivity index is 1.77. The van der Waals surface area contributed by atoms with E-state index in [-0.39, 0.29) is 11.9 Å². The highest BCUT2D eigenvalue weighted by Crippen LogP contribution is 2.08. The van der Waals surface area contributed by atoms with Crippen LogP contribution in [0.25, 0.3) is 0 Å². The minimum absolute atomic E-state index is 0.0306. The zero-order chi connectivity index (χ0) is 16.1. The largest absolute Gasteiger partial charge is 0.338 e. The maximum atomic E-state index is 12.1. The van der Waals surface area contributed by atoms with Gasteiger partial charge in [0, 0.05) is 45.8 Å². The Kier molecular flexibility index (Phi) is 5.37. The smallest absolute Gasteiger partial charge is 0.317 e. The number of hydrogen-bond acceptors (Lipinski definition) is 4. The van der Waals surface area contributed by atoms with Crippen molar-refractivity contribution in [3.05, 3.63) is 11.8 Å². The van der Waals surface area contributed by atoms with Crippen molar-refractivity contribution in [1.29, 1.82) is 0 Å². The van der Waals surface area contributed by atoms with E-state index in [4.69, 9.17) is 0 Å². The summed E-state index contributed by atoms with van der Waals surface area (Å²) in [6.45, 7) is 7.44. The lowest BCUT2D eigenvalue weighted by molar-refractivity contribution is -0.117. The van der Waals surface area contributed by atoms with Crippen molar-refractivity contribution in [2.24, 2.45) is 7.05 Å². The van der Waals surface area contributed by atoms with Gasteiger partial charge in [0.1, 0.15) is 5.82 Å². The van der Waals surface area contributed by atoms with Crippen molar-refractivity contribution in [2.45, 2.75) is 13.8 Å². The highest BCUT2D eigenvalue weighted by molar-refractivity contribution is 5.91. The zero-order valence-corrected chi connectivity index (χ0v) is 13.4. The third-order valence-corrected chi connectivity index (χ3v) is 3.62. The fraction of sp³-hybridized carbons (Fsp3) is 0.643. The molecule has 1 aromatic rings. The summed E-state index contributed by atoms with van der Waals surface area (Å²) in [5.74, 6) is 0.637. The van der Waals surface area contributed by atoms with Crippen LogP contribution in [0.5, 0.6) is 0 Å². The van der Waals surface area contributed by atoms with Gasteiger partial charge in [-0.1, -0.05) is 0 Å². The van der Waals surface area contributed by atoms with Crippen molar-refractivity contribution >= 4 is 17.8 Å². The van der Waals surface area contributed by atoms with Gasteiger partial charge in [0.25, 0.3) is 0 Å². The van der Waals surface area contributed by atoms with Gasteiger partial charge in [-0.05, 0) is 13.8 Å². The van der Waals surface area contributed by atoms with E-state index in [0.29, 0.717) is 45.1 Å². The normalized spacial score (nSPS) is 15.7. The lowest BCUT2D eigenvalue weighted by Crippen LogP contribution is -2.53. The topological polar surface area (TPSA) is 82.5 Å². The van der Waals surface area contributed by atoms with E-state index in [9.17, 15) is 9.59 Å². The molecule has 0 aliphatic carbocycles. The molecule has 0 radical (unpaired) electrons. The van der Waals surface area contributed by atoms with Crippen LogP contribution in [0.4, 0.5) is 10.6 Å². The third-order valence-electron chi connectivity index (χ3n) is 3.62. The Morgan fingerprint density at radius 1 is 1.27 bits per heavy atom. The molecule has 0 saturated carbocycles. The van der Waals surface area contributed by atoms with E-state index in [1.54, 1.807) is 16.6 Å². The molecule has 122 valence electrons. The van der Waals surface area contributed by atoms with Crippen LogP contribution in [0.2, 0.25) is 0 Å².